The van der Waals surface area contributed by atoms with E-state index >= 15 is 0 Å². The van der Waals surface area contributed by atoms with Crippen molar-refractivity contribution >= 4 is 11.8 Å². The fourth-order valence-corrected chi connectivity index (χ4v) is 3.69. The highest BCUT2D eigenvalue weighted by atomic mass is 19.4. The van der Waals surface area contributed by atoms with Crippen LogP contribution in [0.1, 0.15) is 19.1 Å². The molecule has 0 aliphatic carbocycles. The largest absolute Gasteiger partial charge is 0.408 e. The summed E-state index contributed by atoms with van der Waals surface area (Å²) in [7, 11) is 0. The Balaban J connectivity index is 1.78. The van der Waals surface area contributed by atoms with E-state index in [1.165, 1.54) is 22.9 Å². The number of fused-ring (bicyclic) bond motifs is 1. The van der Waals surface area contributed by atoms with Gasteiger partial charge in [-0.15, -0.1) is 0 Å². The molecule has 2 aliphatic rings. The van der Waals surface area contributed by atoms with Crippen LogP contribution in [-0.4, -0.2) is 52.7 Å². The Labute approximate surface area is 158 Å². The Kier molecular flexibility index (Phi) is 4.77. The zero-order valence-electron chi connectivity index (χ0n) is 15.2. The van der Waals surface area contributed by atoms with Crippen molar-refractivity contribution in [3.63, 3.8) is 0 Å². The van der Waals surface area contributed by atoms with Crippen molar-refractivity contribution in [1.29, 1.82) is 0 Å². The lowest BCUT2D eigenvalue weighted by Crippen LogP contribution is -2.52. The first-order valence-electron chi connectivity index (χ1n) is 9.04. The van der Waals surface area contributed by atoms with Crippen molar-refractivity contribution in [1.82, 2.24) is 14.7 Å². The third-order valence-electron chi connectivity index (χ3n) is 5.09. The molecular formula is C17H20F3N5O3. The van der Waals surface area contributed by atoms with Gasteiger partial charge in [-0.25, -0.2) is 0 Å². The smallest absolute Gasteiger partial charge is 0.377 e. The highest BCUT2D eigenvalue weighted by molar-refractivity contribution is 5.47. The molecule has 2 aromatic heterocycles. The molecule has 0 saturated carbocycles. The molecule has 8 nitrogen and oxygen atoms in total. The molecule has 1 fully saturated rings. The van der Waals surface area contributed by atoms with Gasteiger partial charge in [-0.3, -0.25) is 9.36 Å². The Bertz CT molecular complexity index is 883. The van der Waals surface area contributed by atoms with Crippen LogP contribution in [0.3, 0.4) is 0 Å². The Morgan fingerprint density at radius 3 is 2.82 bits per heavy atom. The van der Waals surface area contributed by atoms with Crippen LogP contribution in [0.2, 0.25) is 0 Å². The van der Waals surface area contributed by atoms with Gasteiger partial charge in [-0.05, 0) is 13.3 Å². The molecule has 2 atom stereocenters. The molecule has 0 unspecified atom stereocenters. The van der Waals surface area contributed by atoms with E-state index in [-0.39, 0.29) is 42.8 Å². The lowest BCUT2D eigenvalue weighted by Gasteiger charge is -2.40. The summed E-state index contributed by atoms with van der Waals surface area (Å²) in [5.74, 6) is 0.616. The van der Waals surface area contributed by atoms with Gasteiger partial charge in [0, 0.05) is 25.2 Å². The predicted molar refractivity (Wildman–Crippen MR) is 93.3 cm³/mol. The quantitative estimate of drug-likeness (QED) is 0.779. The summed E-state index contributed by atoms with van der Waals surface area (Å²) < 4.78 is 52.8. The summed E-state index contributed by atoms with van der Waals surface area (Å²) in [5.41, 5.74) is -0.373. The van der Waals surface area contributed by atoms with Crippen LogP contribution in [0, 0.1) is 0 Å². The minimum Gasteiger partial charge on any atom is -0.377 e. The third kappa shape index (κ3) is 3.46. The van der Waals surface area contributed by atoms with Crippen LogP contribution in [-0.2, 0) is 17.8 Å². The molecule has 1 saturated heterocycles. The van der Waals surface area contributed by atoms with Gasteiger partial charge in [0.25, 0.3) is 5.56 Å². The maximum absolute atomic E-state index is 13.7. The molecule has 0 radical (unpaired) electrons. The van der Waals surface area contributed by atoms with E-state index in [4.69, 9.17) is 9.26 Å². The highest BCUT2D eigenvalue weighted by Gasteiger charge is 2.47. The number of ether oxygens (including phenoxy) is 1. The summed E-state index contributed by atoms with van der Waals surface area (Å²) in [6.07, 6.45) is -3.33. The van der Waals surface area contributed by atoms with Crippen LogP contribution in [0.15, 0.2) is 27.6 Å². The van der Waals surface area contributed by atoms with Crippen LogP contribution in [0.4, 0.5) is 24.9 Å². The van der Waals surface area contributed by atoms with E-state index in [9.17, 15) is 18.0 Å². The van der Waals surface area contributed by atoms with Gasteiger partial charge < -0.3 is 19.1 Å². The van der Waals surface area contributed by atoms with Gasteiger partial charge in [-0.1, -0.05) is 5.16 Å². The zero-order valence-corrected chi connectivity index (χ0v) is 15.2. The van der Waals surface area contributed by atoms with Crippen LogP contribution in [0.25, 0.3) is 0 Å². The van der Waals surface area contributed by atoms with Gasteiger partial charge in [0.1, 0.15) is 11.9 Å². The van der Waals surface area contributed by atoms with E-state index in [1.54, 1.807) is 0 Å². The standard InChI is InChI=1S/C17H20F3N5O3/c1-11-10-27-7-6-23(11)14-8-15(26)24-5-3-13(17(18,19)20)25(16(24)22-14)9-12-2-4-21-28-12/h2,4,8,11,13H,3,5-7,9-10H2,1H3/t11-,13+/m1/s1. The monoisotopic (exact) mass is 399 g/mol. The lowest BCUT2D eigenvalue weighted by atomic mass is 10.1. The topological polar surface area (TPSA) is 76.6 Å². The van der Waals surface area contributed by atoms with Crippen molar-refractivity contribution in [3.05, 3.63) is 34.4 Å². The van der Waals surface area contributed by atoms with E-state index in [0.29, 0.717) is 25.6 Å². The second-order valence-electron chi connectivity index (χ2n) is 6.97. The lowest BCUT2D eigenvalue weighted by molar-refractivity contribution is -0.153. The third-order valence-corrected chi connectivity index (χ3v) is 5.09. The molecule has 0 spiro atoms. The number of rotatable bonds is 3. The Morgan fingerprint density at radius 1 is 1.32 bits per heavy atom. The average molecular weight is 399 g/mol. The van der Waals surface area contributed by atoms with Crippen LogP contribution < -0.4 is 15.4 Å². The highest BCUT2D eigenvalue weighted by Crippen LogP contribution is 2.35. The number of morpholine rings is 1. The number of hydrogen-bond donors (Lipinski definition) is 0. The Hall–Kier alpha value is -2.56. The van der Waals surface area contributed by atoms with E-state index in [1.807, 2.05) is 11.8 Å². The molecule has 152 valence electrons. The maximum Gasteiger partial charge on any atom is 0.408 e. The number of halogens is 3. The molecule has 0 N–H and O–H groups in total. The molecule has 0 amide bonds. The van der Waals surface area contributed by atoms with E-state index < -0.39 is 12.2 Å². The number of anilines is 2. The van der Waals surface area contributed by atoms with Crippen molar-refractivity contribution in [2.45, 2.75) is 44.7 Å². The second kappa shape index (κ2) is 7.12. The van der Waals surface area contributed by atoms with Crippen LogP contribution >= 0.6 is 0 Å². The van der Waals surface area contributed by atoms with E-state index in [2.05, 4.69) is 10.1 Å². The first-order valence-corrected chi connectivity index (χ1v) is 9.04. The van der Waals surface area contributed by atoms with Gasteiger partial charge in [-0.2, -0.15) is 18.2 Å². The summed E-state index contributed by atoms with van der Waals surface area (Å²) in [5, 5.41) is 3.56. The number of hydrogen-bond acceptors (Lipinski definition) is 7. The normalized spacial score (nSPS) is 23.0. The fourth-order valence-electron chi connectivity index (χ4n) is 3.69. The SMILES string of the molecule is C[C@@H]1COCCN1c1cc(=O)n2c(n1)N(Cc1ccno1)[C@H](C(F)(F)F)CC2. The molecule has 11 heteroatoms. The summed E-state index contributed by atoms with van der Waals surface area (Å²) in [4.78, 5) is 20.1. The zero-order chi connectivity index (χ0) is 19.9. The van der Waals surface area contributed by atoms with Crippen molar-refractivity contribution in [3.8, 4) is 0 Å². The predicted octanol–water partition coefficient (Wildman–Crippen LogP) is 1.80. The molecule has 0 bridgehead atoms. The number of nitrogens with zero attached hydrogens (tertiary/aromatic N) is 5. The van der Waals surface area contributed by atoms with Crippen molar-refractivity contribution in [2.75, 3.05) is 29.6 Å². The molecule has 28 heavy (non-hydrogen) atoms. The number of aromatic nitrogens is 3. The summed E-state index contributed by atoms with van der Waals surface area (Å²) >= 11 is 0. The fraction of sp³-hybridized carbons (Fsp3) is 0.588. The molecule has 4 rings (SSSR count). The summed E-state index contributed by atoms with van der Waals surface area (Å²) in [6.45, 7) is 3.14. The summed E-state index contributed by atoms with van der Waals surface area (Å²) in [6, 6.07) is 1.08. The average Bonchev–Trinajstić information content (AvgIpc) is 3.14. The van der Waals surface area contributed by atoms with Gasteiger partial charge in [0.15, 0.2) is 5.76 Å². The van der Waals surface area contributed by atoms with E-state index in [0.717, 1.165) is 4.90 Å². The van der Waals surface area contributed by atoms with Gasteiger partial charge in [0.05, 0.1) is 32.0 Å². The minimum atomic E-state index is -4.47. The van der Waals surface area contributed by atoms with Crippen molar-refractivity contribution < 1.29 is 22.4 Å². The molecule has 0 aromatic carbocycles. The molecule has 2 aromatic rings. The number of alkyl halides is 3. The first-order chi connectivity index (χ1) is 13.3. The maximum atomic E-state index is 13.7. The van der Waals surface area contributed by atoms with Gasteiger partial charge >= 0.3 is 6.18 Å². The van der Waals surface area contributed by atoms with Crippen molar-refractivity contribution in [2.24, 2.45) is 0 Å². The minimum absolute atomic E-state index is 0.00818. The molecule has 2 aliphatic heterocycles. The first kappa shape index (κ1) is 18.8. The molecule has 4 heterocycles. The molecular weight excluding hydrogens is 379 g/mol. The Morgan fingerprint density at radius 2 is 2.14 bits per heavy atom. The second-order valence-corrected chi connectivity index (χ2v) is 6.97. The van der Waals surface area contributed by atoms with Gasteiger partial charge in [0.2, 0.25) is 5.95 Å². The van der Waals surface area contributed by atoms with Crippen LogP contribution in [0.5, 0.6) is 0 Å².